The summed E-state index contributed by atoms with van der Waals surface area (Å²) in [5, 5.41) is 9.40. The number of aliphatic hydroxyl groups excluding tert-OH is 1. The lowest BCUT2D eigenvalue weighted by Gasteiger charge is -2.15. The Morgan fingerprint density at radius 1 is 1.29 bits per heavy atom. The van der Waals surface area contributed by atoms with E-state index in [2.05, 4.69) is 4.72 Å². The number of sulfonamides is 1. The van der Waals surface area contributed by atoms with E-state index in [1.807, 2.05) is 0 Å². The molecule has 1 amide bonds. The topological polar surface area (TPSA) is 86.7 Å². The summed E-state index contributed by atoms with van der Waals surface area (Å²) in [7, 11) is -3.71. The highest BCUT2D eigenvalue weighted by molar-refractivity contribution is 7.89. The minimum absolute atomic E-state index is 0.0844. The summed E-state index contributed by atoms with van der Waals surface area (Å²) in [5.74, 6) is -0.198. The van der Waals surface area contributed by atoms with Crippen LogP contribution < -0.4 is 4.72 Å². The molecule has 2 N–H and O–H groups in total. The highest BCUT2D eigenvalue weighted by Crippen LogP contribution is 2.15. The maximum absolute atomic E-state index is 12.1. The van der Waals surface area contributed by atoms with Crippen molar-refractivity contribution >= 4 is 15.9 Å². The first-order valence-electron chi connectivity index (χ1n) is 6.95. The molecule has 1 aliphatic heterocycles. The maximum atomic E-state index is 12.1. The Morgan fingerprint density at radius 2 is 1.86 bits per heavy atom. The van der Waals surface area contributed by atoms with Crippen LogP contribution in [0.5, 0.6) is 0 Å². The molecule has 0 aliphatic carbocycles. The van der Waals surface area contributed by atoms with Crippen LogP contribution in [0.25, 0.3) is 0 Å². The molecule has 1 aliphatic rings. The second kappa shape index (κ2) is 6.55. The Kier molecular flexibility index (Phi) is 4.97. The third kappa shape index (κ3) is 4.03. The van der Waals surface area contributed by atoms with Crippen molar-refractivity contribution in [2.24, 2.45) is 0 Å². The molecule has 116 valence electrons. The van der Waals surface area contributed by atoms with Gasteiger partial charge in [-0.15, -0.1) is 0 Å². The van der Waals surface area contributed by atoms with Gasteiger partial charge in [0.05, 0.1) is 17.5 Å². The number of carbonyl (C=O) groups excluding carboxylic acids is 1. The van der Waals surface area contributed by atoms with Crippen molar-refractivity contribution in [2.75, 3.05) is 19.6 Å². The minimum atomic E-state index is -3.71. The zero-order valence-corrected chi connectivity index (χ0v) is 12.8. The summed E-state index contributed by atoms with van der Waals surface area (Å²) >= 11 is 0. The fraction of sp³-hybridized carbons (Fsp3) is 0.500. The number of carbonyl (C=O) groups is 1. The molecule has 1 aromatic rings. The van der Waals surface area contributed by atoms with Gasteiger partial charge in [-0.3, -0.25) is 4.79 Å². The normalized spacial score (nSPS) is 17.0. The van der Waals surface area contributed by atoms with E-state index >= 15 is 0 Å². The van der Waals surface area contributed by atoms with Crippen LogP contribution in [-0.4, -0.2) is 44.0 Å². The van der Waals surface area contributed by atoms with E-state index in [1.54, 1.807) is 24.0 Å². The Balaban J connectivity index is 1.99. The van der Waals surface area contributed by atoms with Crippen LogP contribution in [0.2, 0.25) is 0 Å². The van der Waals surface area contributed by atoms with Gasteiger partial charge in [-0.1, -0.05) is 12.1 Å². The maximum Gasteiger partial charge on any atom is 0.241 e. The molecular formula is C14H20N2O4S. The first kappa shape index (κ1) is 15.9. The SMILES string of the molecule is CC(O)c1ccc(S(=O)(=O)NCC(=O)N2CCCC2)cc1. The van der Waals surface area contributed by atoms with Gasteiger partial charge in [-0.05, 0) is 37.5 Å². The molecule has 1 unspecified atom stereocenters. The molecule has 7 heteroatoms. The molecule has 0 saturated carbocycles. The molecule has 0 aromatic heterocycles. The van der Waals surface area contributed by atoms with E-state index in [4.69, 9.17) is 0 Å². The van der Waals surface area contributed by atoms with Gasteiger partial charge in [-0.2, -0.15) is 0 Å². The van der Waals surface area contributed by atoms with E-state index in [9.17, 15) is 18.3 Å². The third-order valence-electron chi connectivity index (χ3n) is 3.54. The Labute approximate surface area is 124 Å². The van der Waals surface area contributed by atoms with Crippen LogP contribution in [0.3, 0.4) is 0 Å². The van der Waals surface area contributed by atoms with Gasteiger partial charge in [0, 0.05) is 13.1 Å². The van der Waals surface area contributed by atoms with E-state index in [0.29, 0.717) is 18.7 Å². The van der Waals surface area contributed by atoms with Crippen molar-refractivity contribution in [2.45, 2.75) is 30.8 Å². The minimum Gasteiger partial charge on any atom is -0.389 e. The molecule has 1 atom stereocenters. The molecule has 21 heavy (non-hydrogen) atoms. The van der Waals surface area contributed by atoms with Crippen LogP contribution in [0.1, 0.15) is 31.4 Å². The second-order valence-electron chi connectivity index (χ2n) is 5.16. The number of amides is 1. The Morgan fingerprint density at radius 3 is 2.38 bits per heavy atom. The molecule has 1 saturated heterocycles. The van der Waals surface area contributed by atoms with Crippen molar-refractivity contribution in [3.8, 4) is 0 Å². The largest absolute Gasteiger partial charge is 0.389 e. The van der Waals surface area contributed by atoms with Crippen LogP contribution >= 0.6 is 0 Å². The number of hydrogen-bond acceptors (Lipinski definition) is 4. The fourth-order valence-corrected chi connectivity index (χ4v) is 3.22. The number of benzene rings is 1. The molecule has 1 aromatic carbocycles. The zero-order chi connectivity index (χ0) is 15.5. The molecule has 1 heterocycles. The van der Waals surface area contributed by atoms with Crippen molar-refractivity contribution in [3.63, 3.8) is 0 Å². The lowest BCUT2D eigenvalue weighted by atomic mass is 10.1. The quantitative estimate of drug-likeness (QED) is 0.835. The standard InChI is InChI=1S/C14H20N2O4S/c1-11(17)12-4-6-13(7-5-12)21(19,20)15-10-14(18)16-8-2-3-9-16/h4-7,11,15,17H,2-3,8-10H2,1H3. The van der Waals surface area contributed by atoms with Crippen molar-refractivity contribution in [1.29, 1.82) is 0 Å². The van der Waals surface area contributed by atoms with Gasteiger partial charge >= 0.3 is 0 Å². The molecule has 0 bridgehead atoms. The van der Waals surface area contributed by atoms with E-state index in [0.717, 1.165) is 12.8 Å². The summed E-state index contributed by atoms with van der Waals surface area (Å²) in [6, 6.07) is 5.96. The fourth-order valence-electron chi connectivity index (χ4n) is 2.24. The Hall–Kier alpha value is -1.44. The van der Waals surface area contributed by atoms with Gasteiger partial charge in [0.2, 0.25) is 15.9 Å². The molecule has 0 spiro atoms. The highest BCUT2D eigenvalue weighted by atomic mass is 32.2. The predicted octanol–water partition coefficient (Wildman–Crippen LogP) is 0.641. The van der Waals surface area contributed by atoms with Crippen LogP contribution in [-0.2, 0) is 14.8 Å². The average molecular weight is 312 g/mol. The predicted molar refractivity (Wildman–Crippen MR) is 78.1 cm³/mol. The molecule has 0 radical (unpaired) electrons. The second-order valence-corrected chi connectivity index (χ2v) is 6.92. The zero-order valence-electron chi connectivity index (χ0n) is 11.9. The summed E-state index contributed by atoms with van der Waals surface area (Å²) in [4.78, 5) is 13.6. The number of hydrogen-bond donors (Lipinski definition) is 2. The first-order valence-corrected chi connectivity index (χ1v) is 8.44. The van der Waals surface area contributed by atoms with E-state index in [-0.39, 0.29) is 17.3 Å². The number of likely N-dealkylation sites (tertiary alicyclic amines) is 1. The van der Waals surface area contributed by atoms with Crippen LogP contribution in [0.15, 0.2) is 29.2 Å². The third-order valence-corrected chi connectivity index (χ3v) is 4.96. The summed E-state index contributed by atoms with van der Waals surface area (Å²) in [6.45, 7) is 2.78. The van der Waals surface area contributed by atoms with Gasteiger partial charge < -0.3 is 10.0 Å². The van der Waals surface area contributed by atoms with Crippen molar-refractivity contribution in [3.05, 3.63) is 29.8 Å². The van der Waals surface area contributed by atoms with Gasteiger partial charge in [0.25, 0.3) is 0 Å². The highest BCUT2D eigenvalue weighted by Gasteiger charge is 2.21. The number of rotatable bonds is 5. The summed E-state index contributed by atoms with van der Waals surface area (Å²) < 4.78 is 26.5. The van der Waals surface area contributed by atoms with Gasteiger partial charge in [-0.25, -0.2) is 13.1 Å². The Bertz CT molecular complexity index is 590. The van der Waals surface area contributed by atoms with Crippen LogP contribution in [0, 0.1) is 0 Å². The molecular weight excluding hydrogens is 292 g/mol. The first-order chi connectivity index (χ1) is 9.90. The summed E-state index contributed by atoms with van der Waals surface area (Å²) in [5.41, 5.74) is 0.641. The smallest absolute Gasteiger partial charge is 0.241 e. The van der Waals surface area contributed by atoms with Crippen molar-refractivity contribution in [1.82, 2.24) is 9.62 Å². The molecule has 2 rings (SSSR count). The van der Waals surface area contributed by atoms with E-state index in [1.165, 1.54) is 12.1 Å². The number of aliphatic hydroxyl groups is 1. The van der Waals surface area contributed by atoms with Gasteiger partial charge in [0.1, 0.15) is 0 Å². The van der Waals surface area contributed by atoms with Gasteiger partial charge in [0.15, 0.2) is 0 Å². The lowest BCUT2D eigenvalue weighted by Crippen LogP contribution is -2.38. The van der Waals surface area contributed by atoms with Crippen molar-refractivity contribution < 1.29 is 18.3 Å². The average Bonchev–Trinajstić information content (AvgIpc) is 2.99. The number of nitrogens with one attached hydrogen (secondary N) is 1. The van der Waals surface area contributed by atoms with E-state index < -0.39 is 16.1 Å². The molecule has 6 nitrogen and oxygen atoms in total. The summed E-state index contributed by atoms with van der Waals surface area (Å²) in [6.07, 6.45) is 1.30. The van der Waals surface area contributed by atoms with Crippen LogP contribution in [0.4, 0.5) is 0 Å². The molecule has 1 fully saturated rings. The lowest BCUT2D eigenvalue weighted by molar-refractivity contribution is -0.128. The number of nitrogens with zero attached hydrogens (tertiary/aromatic N) is 1. The monoisotopic (exact) mass is 312 g/mol.